The summed E-state index contributed by atoms with van der Waals surface area (Å²) < 4.78 is 10.6. The van der Waals surface area contributed by atoms with Gasteiger partial charge in [-0.05, 0) is 144 Å². The number of hydrogen-bond donors (Lipinski definition) is 2. The van der Waals surface area contributed by atoms with E-state index in [2.05, 4.69) is 93.8 Å². The lowest BCUT2D eigenvalue weighted by atomic mass is 10.1. The van der Waals surface area contributed by atoms with Gasteiger partial charge >= 0.3 is 0 Å². The van der Waals surface area contributed by atoms with Gasteiger partial charge in [0.1, 0.15) is 0 Å². The number of benzene rings is 2. The van der Waals surface area contributed by atoms with E-state index in [1.54, 1.807) is 26.1 Å². The van der Waals surface area contributed by atoms with Crippen LogP contribution in [-0.2, 0) is 0 Å². The number of aromatic nitrogens is 2. The molecule has 10 nitrogen and oxygen atoms in total. The average Bonchev–Trinajstić information content (AvgIpc) is 3.04. The van der Waals surface area contributed by atoms with E-state index in [0.29, 0.717) is 17.2 Å². The van der Waals surface area contributed by atoms with Crippen molar-refractivity contribution in [1.29, 1.82) is 5.53 Å². The minimum Gasteiger partial charge on any atom is -0.493 e. The SMILES string of the molecule is C.C.C#CC#CC#CC#CC#CC#CC#CC#CC.COc1ccc(-c2nc3cc(N)ccc3nc2C)cc1OC.O=O.[HH].[HH].[HH].[HH].[HH].[HH].[N-]=[N+]=N. The number of terminal acetylenes is 1. The van der Waals surface area contributed by atoms with Gasteiger partial charge in [-0.15, -0.1) is 12.0 Å². The van der Waals surface area contributed by atoms with Gasteiger partial charge in [-0.1, -0.05) is 20.8 Å². The first-order chi connectivity index (χ1) is 21.4. The monoisotopic (exact) mass is 622 g/mol. The summed E-state index contributed by atoms with van der Waals surface area (Å²) in [5.41, 5.74) is 22.9. The van der Waals surface area contributed by atoms with Gasteiger partial charge in [0, 0.05) is 29.7 Å². The van der Waals surface area contributed by atoms with Crippen molar-refractivity contribution >= 4 is 16.7 Å². The fourth-order valence-corrected chi connectivity index (χ4v) is 2.86. The van der Waals surface area contributed by atoms with Crippen molar-refractivity contribution in [3.8, 4) is 118 Å². The number of nitrogen functional groups attached to an aromatic ring is 1. The zero-order valence-corrected chi connectivity index (χ0v) is 24.0. The zero-order valence-electron chi connectivity index (χ0n) is 24.0. The molecule has 3 aromatic rings. The third-order valence-electron chi connectivity index (χ3n) is 4.47. The molecule has 0 saturated carbocycles. The summed E-state index contributed by atoms with van der Waals surface area (Å²) in [6.07, 6.45) is 4.88. The number of nitrogens with zero attached hydrogens (tertiary/aromatic N) is 4. The summed E-state index contributed by atoms with van der Waals surface area (Å²) in [6, 6.07) is 11.2. The van der Waals surface area contributed by atoms with Crippen LogP contribution in [0, 0.1) is 118 Å². The van der Waals surface area contributed by atoms with Gasteiger partial charge in [-0.3, -0.25) is 0 Å². The summed E-state index contributed by atoms with van der Waals surface area (Å²) in [4.78, 5) is 25.0. The molecule has 0 aliphatic heterocycles. The maximum absolute atomic E-state index is 7.00. The van der Waals surface area contributed by atoms with Crippen LogP contribution in [-0.4, -0.2) is 24.2 Å². The fourth-order valence-electron chi connectivity index (χ4n) is 2.86. The van der Waals surface area contributed by atoms with Crippen LogP contribution in [0.5, 0.6) is 11.5 Å². The molecule has 10 heteroatoms. The van der Waals surface area contributed by atoms with E-state index in [-0.39, 0.29) is 23.4 Å². The number of rotatable bonds is 3. The summed E-state index contributed by atoms with van der Waals surface area (Å²) in [7, 11) is 3.22. The summed E-state index contributed by atoms with van der Waals surface area (Å²) >= 11 is 0. The Morgan fingerprint density at radius 2 is 1.26 bits per heavy atom. The van der Waals surface area contributed by atoms with Crippen LogP contribution in [0.4, 0.5) is 5.69 Å². The van der Waals surface area contributed by atoms with Crippen molar-refractivity contribution in [3.05, 3.63) is 62.5 Å². The molecule has 3 rings (SSSR count). The highest BCUT2D eigenvalue weighted by Crippen LogP contribution is 2.33. The van der Waals surface area contributed by atoms with Crippen LogP contribution >= 0.6 is 0 Å². The van der Waals surface area contributed by atoms with Crippen molar-refractivity contribution in [1.82, 2.24) is 9.97 Å². The molecule has 240 valence electrons. The van der Waals surface area contributed by atoms with E-state index < -0.39 is 0 Å². The van der Waals surface area contributed by atoms with Crippen LogP contribution in [0.2, 0.25) is 0 Å². The molecule has 0 bridgehead atoms. The number of methoxy groups -OCH3 is 2. The van der Waals surface area contributed by atoms with Crippen LogP contribution in [0.3, 0.4) is 0 Å². The number of nitrogens with two attached hydrogens (primary N) is 1. The van der Waals surface area contributed by atoms with Crippen LogP contribution in [0.15, 0.2) is 36.4 Å². The number of aryl methyl sites for hydroxylation is 1. The lowest BCUT2D eigenvalue weighted by molar-refractivity contribution is 0.355. The van der Waals surface area contributed by atoms with Crippen LogP contribution in [0.25, 0.3) is 32.7 Å². The third kappa shape index (κ3) is 16.7. The Morgan fingerprint density at radius 3 is 1.72 bits per heavy atom. The van der Waals surface area contributed by atoms with Gasteiger partial charge in [-0.25, -0.2) is 9.97 Å². The molecule has 0 aliphatic rings. The Kier molecular flexibility index (Phi) is 25.9. The van der Waals surface area contributed by atoms with Gasteiger partial charge in [0.25, 0.3) is 0 Å². The predicted molar refractivity (Wildman–Crippen MR) is 198 cm³/mol. The van der Waals surface area contributed by atoms with Crippen molar-refractivity contribution in [2.24, 2.45) is 0 Å². The second-order valence-electron chi connectivity index (χ2n) is 7.09. The van der Waals surface area contributed by atoms with E-state index in [1.807, 2.05) is 43.3 Å². The minimum atomic E-state index is 0. The second kappa shape index (κ2) is 27.7. The maximum Gasteiger partial charge on any atom is 0.161 e. The first-order valence-electron chi connectivity index (χ1n) is 11.8. The number of fused-ring (bicyclic) bond motifs is 1. The minimum absolute atomic E-state index is 0. The predicted octanol–water partition coefficient (Wildman–Crippen LogP) is 7.56. The van der Waals surface area contributed by atoms with Crippen molar-refractivity contribution < 1.29 is 18.0 Å². The topological polar surface area (TPSA) is 165 Å². The highest BCUT2D eigenvalue weighted by molar-refractivity contribution is 5.81. The number of hydrogen-bond acceptors (Lipinski definition) is 8. The summed E-state index contributed by atoms with van der Waals surface area (Å²) in [6.45, 7) is 3.64. The van der Waals surface area contributed by atoms with E-state index in [4.69, 9.17) is 47.6 Å². The average molecular weight is 623 g/mol. The Balaban J connectivity index is -0.0000000810. The molecule has 1 aromatic heterocycles. The molecule has 0 spiro atoms. The largest absolute Gasteiger partial charge is 0.493 e. The van der Waals surface area contributed by atoms with E-state index in [9.17, 15) is 0 Å². The molecular weight excluding hydrogens is 580 g/mol. The Morgan fingerprint density at radius 1 is 0.783 bits per heavy atom. The number of ether oxygens (including phenoxy) is 2. The summed E-state index contributed by atoms with van der Waals surface area (Å²) in [5.74, 6) is 38.3. The second-order valence-corrected chi connectivity index (χ2v) is 7.09. The summed E-state index contributed by atoms with van der Waals surface area (Å²) in [5, 5.41) is 0. The lowest BCUT2D eigenvalue weighted by Crippen LogP contribution is -1.97. The molecular formula is C36H42N6O4. The Labute approximate surface area is 279 Å². The molecule has 0 amide bonds. The number of nitrogens with one attached hydrogen (secondary N) is 1. The number of anilines is 1. The van der Waals surface area contributed by atoms with Crippen molar-refractivity contribution in [2.75, 3.05) is 20.0 Å². The lowest BCUT2D eigenvalue weighted by Gasteiger charge is -2.11. The smallest absolute Gasteiger partial charge is 0.161 e. The molecule has 0 fully saturated rings. The zero-order chi connectivity index (χ0) is 33.0. The highest BCUT2D eigenvalue weighted by Gasteiger charge is 2.11. The highest BCUT2D eigenvalue weighted by atomic mass is 16.7. The Hall–Kier alpha value is -7.43. The molecule has 0 radical (unpaired) electrons. The standard InChI is InChI=1S/C17H17N3O2.C17H4.2CH4.HN3.O2.6H2/c1-10-17(11-4-7-15(21-2)16(8-11)22-3)20-14-9-12(18)5-6-13(14)19-10;1-3-5-7-9-11-13-15-17-16-14-12-10-8-6-4-2;;;1-3-2;1-2;;;;;;/h4-9H,18H2,1-3H3;1H,2H3;2*1H4;1H;;6*1H. The van der Waals surface area contributed by atoms with Gasteiger partial charge in [-0.2, -0.15) is 0 Å². The van der Waals surface area contributed by atoms with Gasteiger partial charge < -0.3 is 15.2 Å². The van der Waals surface area contributed by atoms with E-state index in [1.165, 1.54) is 0 Å². The first kappa shape index (κ1) is 43.0. The van der Waals surface area contributed by atoms with Crippen LogP contribution < -0.4 is 15.2 Å². The van der Waals surface area contributed by atoms with Crippen LogP contribution in [0.1, 0.15) is 36.0 Å². The van der Waals surface area contributed by atoms with Crippen molar-refractivity contribution in [3.63, 3.8) is 0 Å². The van der Waals surface area contributed by atoms with Crippen molar-refractivity contribution in [2.45, 2.75) is 28.7 Å². The van der Waals surface area contributed by atoms with Gasteiger partial charge in [0.15, 0.2) is 11.5 Å². The molecule has 0 saturated heterocycles. The fraction of sp³-hybridized carbons (Fsp3) is 0.167. The maximum atomic E-state index is 7.00. The van der Waals surface area contributed by atoms with E-state index >= 15 is 0 Å². The molecule has 46 heavy (non-hydrogen) atoms. The van der Waals surface area contributed by atoms with E-state index in [0.717, 1.165) is 28.0 Å². The van der Waals surface area contributed by atoms with Gasteiger partial charge in [0.05, 0.1) is 36.6 Å². The first-order valence-corrected chi connectivity index (χ1v) is 11.8. The molecule has 0 atom stereocenters. The molecule has 3 N–H and O–H groups in total. The normalized spacial score (nSPS) is 6.76. The molecule has 1 heterocycles. The molecule has 0 unspecified atom stereocenters. The Bertz CT molecular complexity index is 2020. The third-order valence-corrected chi connectivity index (χ3v) is 4.47. The molecule has 2 aromatic carbocycles. The van der Waals surface area contributed by atoms with Gasteiger partial charge in [0.2, 0.25) is 0 Å². The quantitative estimate of drug-likeness (QED) is 0.1000. The molecule has 0 aliphatic carbocycles.